The molecule has 0 radical (unpaired) electrons. The Morgan fingerprint density at radius 2 is 2.10 bits per heavy atom. The Morgan fingerprint density at radius 3 is 2.93 bits per heavy atom. The molecule has 152 valence electrons. The van der Waals surface area contributed by atoms with Crippen LogP contribution < -0.4 is 5.43 Å². The highest BCUT2D eigenvalue weighted by atomic mass is 15.4. The molecule has 6 nitrogen and oxygen atoms in total. The Kier molecular flexibility index (Phi) is 5.88. The molecule has 4 rings (SSSR count). The standard InChI is InChI=1S/C23H30N6/c1-15(2)7-6-8-17-11-12-18(16(3)13-17)14-24-28-23-26-22-21(27-29-23)19-9-4-5-10-20(19)25-22/h4-5,7,9-10,14,16-18H,6,8,11-13H2,1-3H3,(H2,25,26,28,29)/b24-14+/t16-,17-,18-/m1/s1. The normalized spacial score (nSPS) is 22.4. The van der Waals surface area contributed by atoms with E-state index >= 15 is 0 Å². The third-order valence-corrected chi connectivity index (χ3v) is 6.02. The van der Waals surface area contributed by atoms with Crippen LogP contribution in [-0.2, 0) is 0 Å². The van der Waals surface area contributed by atoms with Gasteiger partial charge in [-0.3, -0.25) is 0 Å². The average molecular weight is 391 g/mol. The molecular weight excluding hydrogens is 360 g/mol. The van der Waals surface area contributed by atoms with Gasteiger partial charge >= 0.3 is 0 Å². The number of H-pyrrole nitrogens is 1. The lowest BCUT2D eigenvalue weighted by molar-refractivity contribution is 0.235. The Hall–Kier alpha value is -2.76. The van der Waals surface area contributed by atoms with E-state index in [2.05, 4.69) is 57.5 Å². The van der Waals surface area contributed by atoms with Crippen molar-refractivity contribution in [2.45, 2.75) is 52.9 Å². The third kappa shape index (κ3) is 4.63. The molecule has 2 N–H and O–H groups in total. The van der Waals surface area contributed by atoms with Crippen molar-refractivity contribution in [3.63, 3.8) is 0 Å². The number of nitrogens with one attached hydrogen (secondary N) is 2. The van der Waals surface area contributed by atoms with Crippen molar-refractivity contribution < 1.29 is 0 Å². The molecule has 1 aromatic carbocycles. The van der Waals surface area contributed by atoms with Gasteiger partial charge in [0.15, 0.2) is 5.65 Å². The smallest absolute Gasteiger partial charge is 0.265 e. The minimum atomic E-state index is 0.420. The van der Waals surface area contributed by atoms with E-state index in [9.17, 15) is 0 Å². The molecule has 1 aliphatic rings. The Bertz CT molecular complexity index is 1030. The van der Waals surface area contributed by atoms with Gasteiger partial charge < -0.3 is 4.98 Å². The zero-order valence-electron chi connectivity index (χ0n) is 17.5. The summed E-state index contributed by atoms with van der Waals surface area (Å²) in [5, 5.41) is 14.0. The number of hydrazone groups is 1. The Morgan fingerprint density at radius 1 is 1.24 bits per heavy atom. The van der Waals surface area contributed by atoms with E-state index in [0.717, 1.165) is 28.0 Å². The second-order valence-corrected chi connectivity index (χ2v) is 8.57. The van der Waals surface area contributed by atoms with E-state index in [1.54, 1.807) is 0 Å². The van der Waals surface area contributed by atoms with E-state index in [4.69, 9.17) is 0 Å². The molecule has 0 bridgehead atoms. The summed E-state index contributed by atoms with van der Waals surface area (Å²) < 4.78 is 0. The minimum absolute atomic E-state index is 0.420. The highest BCUT2D eigenvalue weighted by Gasteiger charge is 2.26. The van der Waals surface area contributed by atoms with Crippen LogP contribution in [-0.4, -0.2) is 26.4 Å². The van der Waals surface area contributed by atoms with Crippen LogP contribution in [0.4, 0.5) is 5.95 Å². The summed E-state index contributed by atoms with van der Waals surface area (Å²) in [5.74, 6) is 2.42. The predicted octanol–water partition coefficient (Wildman–Crippen LogP) is 5.70. The van der Waals surface area contributed by atoms with Crippen LogP contribution in [0.25, 0.3) is 22.1 Å². The number of benzene rings is 1. The van der Waals surface area contributed by atoms with Crippen molar-refractivity contribution in [2.75, 3.05) is 5.43 Å². The SMILES string of the molecule is CC(C)=CCC[C@@H]1CC[C@H](/C=N/Nc2nnc3c(n2)[nH]c2ccccc23)[C@H](C)C1. The largest absolute Gasteiger partial charge is 0.338 e. The van der Waals surface area contributed by atoms with Crippen LogP contribution in [0.3, 0.4) is 0 Å². The summed E-state index contributed by atoms with van der Waals surface area (Å²) >= 11 is 0. The molecule has 0 unspecified atom stereocenters. The lowest BCUT2D eigenvalue weighted by Gasteiger charge is -2.32. The molecule has 1 saturated carbocycles. The van der Waals surface area contributed by atoms with Crippen molar-refractivity contribution >= 4 is 34.2 Å². The Balaban J connectivity index is 1.34. The molecule has 6 heteroatoms. The molecule has 0 spiro atoms. The maximum Gasteiger partial charge on any atom is 0.265 e. The van der Waals surface area contributed by atoms with E-state index in [1.165, 1.54) is 37.7 Å². The van der Waals surface area contributed by atoms with Crippen LogP contribution in [0.15, 0.2) is 41.0 Å². The molecule has 3 atom stereocenters. The quantitative estimate of drug-likeness (QED) is 0.321. The number of fused-ring (bicyclic) bond motifs is 3. The second kappa shape index (κ2) is 8.72. The average Bonchev–Trinajstić information content (AvgIpc) is 3.07. The van der Waals surface area contributed by atoms with Crippen molar-refractivity contribution in [2.24, 2.45) is 22.9 Å². The molecule has 29 heavy (non-hydrogen) atoms. The first-order valence-corrected chi connectivity index (χ1v) is 10.6. The van der Waals surface area contributed by atoms with Gasteiger partial charge in [0.2, 0.25) is 0 Å². The lowest BCUT2D eigenvalue weighted by Crippen LogP contribution is -2.24. The van der Waals surface area contributed by atoms with Gasteiger partial charge in [0.05, 0.1) is 0 Å². The number of aromatic nitrogens is 4. The van der Waals surface area contributed by atoms with Crippen LogP contribution >= 0.6 is 0 Å². The van der Waals surface area contributed by atoms with Crippen molar-refractivity contribution in [1.82, 2.24) is 20.2 Å². The number of rotatable bonds is 6. The van der Waals surface area contributed by atoms with Crippen LogP contribution in [0.5, 0.6) is 0 Å². The van der Waals surface area contributed by atoms with Gasteiger partial charge in [0, 0.05) is 17.1 Å². The summed E-state index contributed by atoms with van der Waals surface area (Å²) in [5.41, 5.74) is 6.91. The topological polar surface area (TPSA) is 78.8 Å². The molecule has 1 fully saturated rings. The minimum Gasteiger partial charge on any atom is -0.338 e. The Labute approximate surface area is 171 Å². The van der Waals surface area contributed by atoms with Gasteiger partial charge in [0.1, 0.15) is 5.52 Å². The molecule has 3 aromatic rings. The number of para-hydroxylation sites is 1. The number of hydrogen-bond acceptors (Lipinski definition) is 5. The molecule has 0 amide bonds. The van der Waals surface area contributed by atoms with Crippen LogP contribution in [0.2, 0.25) is 0 Å². The maximum atomic E-state index is 4.51. The molecule has 2 aromatic heterocycles. The van der Waals surface area contributed by atoms with Crippen molar-refractivity contribution in [3.8, 4) is 0 Å². The van der Waals surface area contributed by atoms with E-state index in [-0.39, 0.29) is 0 Å². The van der Waals surface area contributed by atoms with E-state index in [0.29, 0.717) is 17.8 Å². The number of hydrogen-bond donors (Lipinski definition) is 2. The fourth-order valence-electron chi connectivity index (χ4n) is 4.38. The zero-order valence-corrected chi connectivity index (χ0v) is 17.5. The predicted molar refractivity (Wildman–Crippen MR) is 120 cm³/mol. The molecule has 0 saturated heterocycles. The first-order valence-electron chi connectivity index (χ1n) is 10.6. The van der Waals surface area contributed by atoms with E-state index < -0.39 is 0 Å². The van der Waals surface area contributed by atoms with Gasteiger partial charge in [-0.05, 0) is 69.8 Å². The molecule has 2 heterocycles. The number of allylic oxidation sites excluding steroid dienone is 2. The summed E-state index contributed by atoms with van der Waals surface area (Å²) in [7, 11) is 0. The van der Waals surface area contributed by atoms with Gasteiger partial charge in [-0.1, -0.05) is 36.8 Å². The summed E-state index contributed by atoms with van der Waals surface area (Å²) in [6.45, 7) is 6.70. The fourth-order valence-corrected chi connectivity index (χ4v) is 4.38. The third-order valence-electron chi connectivity index (χ3n) is 6.02. The summed E-state index contributed by atoms with van der Waals surface area (Å²) in [4.78, 5) is 7.80. The monoisotopic (exact) mass is 390 g/mol. The second-order valence-electron chi connectivity index (χ2n) is 8.57. The molecule has 1 aliphatic carbocycles. The molecule has 0 aliphatic heterocycles. The van der Waals surface area contributed by atoms with Gasteiger partial charge in [-0.15, -0.1) is 10.2 Å². The maximum absolute atomic E-state index is 4.51. The zero-order chi connectivity index (χ0) is 20.2. The fraction of sp³-hybridized carbons (Fsp3) is 0.478. The van der Waals surface area contributed by atoms with Crippen molar-refractivity contribution in [1.29, 1.82) is 0 Å². The van der Waals surface area contributed by atoms with Gasteiger partial charge in [-0.25, -0.2) is 5.43 Å². The summed E-state index contributed by atoms with van der Waals surface area (Å²) in [6.07, 6.45) is 10.7. The van der Waals surface area contributed by atoms with Crippen LogP contribution in [0.1, 0.15) is 52.9 Å². The van der Waals surface area contributed by atoms with Gasteiger partial charge in [0.25, 0.3) is 5.95 Å². The number of aromatic amines is 1. The summed E-state index contributed by atoms with van der Waals surface area (Å²) in [6, 6.07) is 8.02. The highest BCUT2D eigenvalue weighted by molar-refractivity contribution is 6.03. The number of anilines is 1. The first-order chi connectivity index (χ1) is 14.1. The van der Waals surface area contributed by atoms with Crippen LogP contribution in [0, 0.1) is 17.8 Å². The highest BCUT2D eigenvalue weighted by Crippen LogP contribution is 2.35. The van der Waals surface area contributed by atoms with Crippen molar-refractivity contribution in [3.05, 3.63) is 35.9 Å². The van der Waals surface area contributed by atoms with E-state index in [1.807, 2.05) is 30.5 Å². The number of nitrogens with zero attached hydrogens (tertiary/aromatic N) is 4. The molecular formula is C23H30N6. The van der Waals surface area contributed by atoms with Gasteiger partial charge in [-0.2, -0.15) is 10.1 Å². The lowest BCUT2D eigenvalue weighted by atomic mass is 9.74. The first kappa shape index (κ1) is 19.6.